The average Bonchev–Trinajstić information content (AvgIpc) is 3.04. The molecule has 29 heavy (non-hydrogen) atoms. The van der Waals surface area contributed by atoms with E-state index in [0.717, 1.165) is 38.0 Å². The second-order valence-electron chi connectivity index (χ2n) is 10.6. The number of hydrogen-bond donors (Lipinski definition) is 0. The van der Waals surface area contributed by atoms with Gasteiger partial charge in [0, 0.05) is 6.42 Å². The third kappa shape index (κ3) is 3.49. The second kappa shape index (κ2) is 7.83. The molecule has 7 atom stereocenters. The zero-order chi connectivity index (χ0) is 20.8. The van der Waals surface area contributed by atoms with Crippen molar-refractivity contribution < 1.29 is 19.1 Å². The number of hydrogen-bond acceptors (Lipinski definition) is 4. The summed E-state index contributed by atoms with van der Waals surface area (Å²) in [5.74, 6) is 2.25. The molecule has 3 fully saturated rings. The number of rotatable bonds is 5. The van der Waals surface area contributed by atoms with Crippen LogP contribution in [0, 0.1) is 34.5 Å². The highest BCUT2D eigenvalue weighted by atomic mass is 16.7. The molecule has 4 heteroatoms. The summed E-state index contributed by atoms with van der Waals surface area (Å²) < 4.78 is 11.6. The third-order valence-electron chi connectivity index (χ3n) is 9.36. The Kier molecular flexibility index (Phi) is 5.69. The summed E-state index contributed by atoms with van der Waals surface area (Å²) in [6, 6.07) is 0. The van der Waals surface area contributed by atoms with Gasteiger partial charge in [-0.15, -0.1) is 0 Å². The second-order valence-corrected chi connectivity index (χ2v) is 10.6. The molecule has 0 bridgehead atoms. The van der Waals surface area contributed by atoms with Gasteiger partial charge in [0.05, 0.1) is 12.0 Å². The Morgan fingerprint density at radius 1 is 1.14 bits per heavy atom. The number of carbonyl (C=O) groups excluding carboxylic acids is 2. The molecular formula is C25H38O4. The lowest BCUT2D eigenvalue weighted by molar-refractivity contribution is -0.175. The lowest BCUT2D eigenvalue weighted by Gasteiger charge is -2.58. The van der Waals surface area contributed by atoms with Crippen LogP contribution in [-0.2, 0) is 19.1 Å². The molecule has 4 nitrogen and oxygen atoms in total. The number of fused-ring (bicyclic) bond motifs is 5. The molecule has 0 amide bonds. The van der Waals surface area contributed by atoms with E-state index in [1.54, 1.807) is 0 Å². The van der Waals surface area contributed by atoms with Gasteiger partial charge in [-0.2, -0.15) is 0 Å². The minimum absolute atomic E-state index is 0.0615. The summed E-state index contributed by atoms with van der Waals surface area (Å²) in [6.45, 7) is 8.85. The van der Waals surface area contributed by atoms with Crippen LogP contribution in [0.2, 0.25) is 0 Å². The lowest BCUT2D eigenvalue weighted by atomic mass is 9.47. The van der Waals surface area contributed by atoms with Crippen molar-refractivity contribution in [1.29, 1.82) is 0 Å². The average molecular weight is 403 g/mol. The Hall–Kier alpha value is -1.16. The van der Waals surface area contributed by atoms with Gasteiger partial charge in [-0.05, 0) is 86.0 Å². The number of allylic oxidation sites excluding steroid dienone is 1. The molecule has 4 aliphatic rings. The largest absolute Gasteiger partial charge is 0.438 e. The molecule has 3 saturated carbocycles. The molecule has 0 aromatic rings. The molecule has 4 aliphatic carbocycles. The van der Waals surface area contributed by atoms with Gasteiger partial charge in [0.15, 0.2) is 12.6 Å². The molecule has 0 spiro atoms. The quantitative estimate of drug-likeness (QED) is 0.453. The molecule has 4 rings (SSSR count). The Bertz CT molecular complexity index is 697. The molecule has 0 aromatic carbocycles. The minimum Gasteiger partial charge on any atom is -0.438 e. The van der Waals surface area contributed by atoms with E-state index in [1.165, 1.54) is 31.3 Å². The van der Waals surface area contributed by atoms with E-state index in [4.69, 9.17) is 9.47 Å². The van der Waals surface area contributed by atoms with E-state index >= 15 is 0 Å². The minimum atomic E-state index is -0.151. The normalized spacial score (nSPS) is 42.3. The molecule has 0 N–H and O–H groups in total. The SMILES string of the molecule is CCC(C)C(=O)OCO[C@H]1CC[C@H]2[C@@H]3CCC4=CC(=O)CC[C@]4(C)[C@H]3CC[C@]12C. The highest BCUT2D eigenvalue weighted by Crippen LogP contribution is 2.65. The predicted octanol–water partition coefficient (Wildman–Crippen LogP) is 5.45. The summed E-state index contributed by atoms with van der Waals surface area (Å²) in [5.41, 5.74) is 1.84. The van der Waals surface area contributed by atoms with Crippen molar-refractivity contribution in [2.75, 3.05) is 6.79 Å². The summed E-state index contributed by atoms with van der Waals surface area (Å²) in [7, 11) is 0. The maximum Gasteiger partial charge on any atom is 0.310 e. The van der Waals surface area contributed by atoms with E-state index in [-0.39, 0.29) is 35.6 Å². The first-order valence-electron chi connectivity index (χ1n) is 11.8. The smallest absolute Gasteiger partial charge is 0.310 e. The molecule has 0 radical (unpaired) electrons. The number of esters is 1. The van der Waals surface area contributed by atoms with Crippen LogP contribution in [0.1, 0.15) is 85.5 Å². The van der Waals surface area contributed by atoms with Gasteiger partial charge in [0.1, 0.15) is 0 Å². The van der Waals surface area contributed by atoms with E-state index < -0.39 is 0 Å². The fourth-order valence-corrected chi connectivity index (χ4v) is 7.27. The molecule has 0 aromatic heterocycles. The van der Waals surface area contributed by atoms with Gasteiger partial charge >= 0.3 is 5.97 Å². The van der Waals surface area contributed by atoms with Gasteiger partial charge < -0.3 is 9.47 Å². The van der Waals surface area contributed by atoms with E-state index in [2.05, 4.69) is 13.8 Å². The number of ketones is 1. The first-order chi connectivity index (χ1) is 13.8. The van der Waals surface area contributed by atoms with E-state index in [0.29, 0.717) is 17.6 Å². The monoisotopic (exact) mass is 402 g/mol. The van der Waals surface area contributed by atoms with Gasteiger partial charge in [-0.1, -0.05) is 33.3 Å². The third-order valence-corrected chi connectivity index (χ3v) is 9.36. The first kappa shape index (κ1) is 21.1. The van der Waals surface area contributed by atoms with Crippen molar-refractivity contribution in [3.8, 4) is 0 Å². The van der Waals surface area contributed by atoms with Crippen LogP contribution in [0.15, 0.2) is 11.6 Å². The highest BCUT2D eigenvalue weighted by Gasteiger charge is 2.59. The Labute approximate surface area is 175 Å². The lowest BCUT2D eigenvalue weighted by Crippen LogP contribution is -2.51. The van der Waals surface area contributed by atoms with E-state index in [9.17, 15) is 9.59 Å². The Morgan fingerprint density at radius 2 is 1.93 bits per heavy atom. The first-order valence-corrected chi connectivity index (χ1v) is 11.8. The Balaban J connectivity index is 1.43. The standard InChI is InChI=1S/C25H38O4/c1-5-16(2)23(27)29-15-28-22-9-8-20-19-7-6-17-14-18(26)10-12-24(17,3)21(19)11-13-25(20,22)4/h14,16,19-22H,5-13,15H2,1-4H3/t16?,19-,20-,21-,22-,24-,25-/m0/s1. The van der Waals surface area contributed by atoms with Crippen molar-refractivity contribution in [2.24, 2.45) is 34.5 Å². The van der Waals surface area contributed by atoms with Gasteiger partial charge in [-0.3, -0.25) is 9.59 Å². The molecule has 0 aliphatic heterocycles. The highest BCUT2D eigenvalue weighted by molar-refractivity contribution is 5.91. The van der Waals surface area contributed by atoms with Crippen LogP contribution in [0.3, 0.4) is 0 Å². The number of ether oxygens (including phenoxy) is 2. The predicted molar refractivity (Wildman–Crippen MR) is 112 cm³/mol. The van der Waals surface area contributed by atoms with E-state index in [1.807, 2.05) is 19.9 Å². The zero-order valence-electron chi connectivity index (χ0n) is 18.7. The summed E-state index contributed by atoms with van der Waals surface area (Å²) in [5, 5.41) is 0. The maximum absolute atomic E-state index is 12.0. The van der Waals surface area contributed by atoms with Crippen molar-refractivity contribution in [3.63, 3.8) is 0 Å². The summed E-state index contributed by atoms with van der Waals surface area (Å²) >= 11 is 0. The van der Waals surface area contributed by atoms with Crippen molar-refractivity contribution in [1.82, 2.24) is 0 Å². The van der Waals surface area contributed by atoms with Gasteiger partial charge in [-0.25, -0.2) is 0 Å². The van der Waals surface area contributed by atoms with Crippen LogP contribution in [0.4, 0.5) is 0 Å². The van der Waals surface area contributed by atoms with Gasteiger partial charge in [0.25, 0.3) is 0 Å². The van der Waals surface area contributed by atoms with Crippen molar-refractivity contribution in [2.45, 2.75) is 91.6 Å². The Morgan fingerprint density at radius 3 is 2.69 bits per heavy atom. The van der Waals surface area contributed by atoms with Crippen LogP contribution in [0.25, 0.3) is 0 Å². The maximum atomic E-state index is 12.0. The molecule has 1 unspecified atom stereocenters. The number of carbonyl (C=O) groups is 2. The van der Waals surface area contributed by atoms with Crippen molar-refractivity contribution >= 4 is 11.8 Å². The fourth-order valence-electron chi connectivity index (χ4n) is 7.27. The molecule has 162 valence electrons. The van der Waals surface area contributed by atoms with Crippen molar-refractivity contribution in [3.05, 3.63) is 11.6 Å². The zero-order valence-corrected chi connectivity index (χ0v) is 18.7. The van der Waals surface area contributed by atoms with Crippen LogP contribution >= 0.6 is 0 Å². The summed E-state index contributed by atoms with van der Waals surface area (Å²) in [6.07, 6.45) is 11.7. The molecule has 0 heterocycles. The summed E-state index contributed by atoms with van der Waals surface area (Å²) in [4.78, 5) is 23.9. The topological polar surface area (TPSA) is 52.6 Å². The van der Waals surface area contributed by atoms with Crippen LogP contribution in [0.5, 0.6) is 0 Å². The molecule has 0 saturated heterocycles. The van der Waals surface area contributed by atoms with Gasteiger partial charge in [0.2, 0.25) is 0 Å². The van der Waals surface area contributed by atoms with Crippen LogP contribution in [-0.4, -0.2) is 24.6 Å². The fraction of sp³-hybridized carbons (Fsp3) is 0.840. The van der Waals surface area contributed by atoms with Crippen LogP contribution < -0.4 is 0 Å². The molecular weight excluding hydrogens is 364 g/mol.